The van der Waals surface area contributed by atoms with E-state index in [9.17, 15) is 9.59 Å². The molecule has 0 bridgehead atoms. The van der Waals surface area contributed by atoms with Crippen molar-refractivity contribution in [3.05, 3.63) is 57.8 Å². The zero-order valence-electron chi connectivity index (χ0n) is 12.6. The van der Waals surface area contributed by atoms with Crippen molar-refractivity contribution in [1.29, 1.82) is 0 Å². The Morgan fingerprint density at radius 3 is 2.65 bits per heavy atom. The largest absolute Gasteiger partial charge is 0.349 e. The molecule has 0 atom stereocenters. The van der Waals surface area contributed by atoms with Gasteiger partial charge in [-0.15, -0.1) is 0 Å². The van der Waals surface area contributed by atoms with Gasteiger partial charge in [-0.25, -0.2) is 0 Å². The highest BCUT2D eigenvalue weighted by atomic mass is 79.9. The number of nitrogens with zero attached hydrogens (tertiary/aromatic N) is 1. The van der Waals surface area contributed by atoms with Crippen molar-refractivity contribution in [3.8, 4) is 0 Å². The summed E-state index contributed by atoms with van der Waals surface area (Å²) in [6, 6.07) is 9.00. The number of anilines is 1. The van der Waals surface area contributed by atoms with E-state index in [-0.39, 0.29) is 23.6 Å². The topological polar surface area (TPSA) is 71.1 Å². The van der Waals surface area contributed by atoms with Gasteiger partial charge in [0.1, 0.15) is 5.69 Å². The van der Waals surface area contributed by atoms with Gasteiger partial charge in [0.2, 0.25) is 0 Å². The minimum absolute atomic E-state index is 0.163. The number of carbonyl (C=O) groups is 2. The minimum Gasteiger partial charge on any atom is -0.349 e. The number of hydrogen-bond donors (Lipinski definition) is 2. The fourth-order valence-electron chi connectivity index (χ4n) is 2.15. The quantitative estimate of drug-likeness (QED) is 0.863. The maximum atomic E-state index is 12.3. The van der Waals surface area contributed by atoms with Crippen LogP contribution < -0.4 is 10.6 Å². The molecule has 0 radical (unpaired) electrons. The molecule has 1 heterocycles. The third-order valence-corrected chi connectivity index (χ3v) is 4.10. The molecule has 1 fully saturated rings. The molecule has 0 aliphatic heterocycles. The summed E-state index contributed by atoms with van der Waals surface area (Å²) < 4.78 is 0.949. The molecule has 118 valence electrons. The van der Waals surface area contributed by atoms with Gasteiger partial charge in [-0.1, -0.05) is 15.9 Å². The summed E-state index contributed by atoms with van der Waals surface area (Å²) >= 11 is 3.39. The molecule has 2 amide bonds. The number of amides is 2. The second-order valence-electron chi connectivity index (χ2n) is 5.59. The summed E-state index contributed by atoms with van der Waals surface area (Å²) in [6.07, 6.45) is 3.52. The van der Waals surface area contributed by atoms with E-state index >= 15 is 0 Å². The van der Waals surface area contributed by atoms with E-state index in [1.54, 1.807) is 6.07 Å². The van der Waals surface area contributed by atoms with E-state index in [2.05, 4.69) is 31.5 Å². The van der Waals surface area contributed by atoms with Gasteiger partial charge in [-0.3, -0.25) is 14.6 Å². The average molecular weight is 374 g/mol. The molecule has 1 aromatic carbocycles. The van der Waals surface area contributed by atoms with Gasteiger partial charge >= 0.3 is 0 Å². The van der Waals surface area contributed by atoms with E-state index in [1.807, 2.05) is 25.1 Å². The lowest BCUT2D eigenvalue weighted by molar-refractivity contribution is 0.0951. The molecule has 1 aliphatic carbocycles. The predicted molar refractivity (Wildman–Crippen MR) is 91.6 cm³/mol. The van der Waals surface area contributed by atoms with Crippen LogP contribution in [0, 0.1) is 6.92 Å². The van der Waals surface area contributed by atoms with Crippen molar-refractivity contribution in [1.82, 2.24) is 10.3 Å². The van der Waals surface area contributed by atoms with Gasteiger partial charge < -0.3 is 10.6 Å². The molecule has 3 rings (SSSR count). The smallest absolute Gasteiger partial charge is 0.274 e. The lowest BCUT2D eigenvalue weighted by Crippen LogP contribution is -2.26. The van der Waals surface area contributed by atoms with Crippen LogP contribution in [0.1, 0.15) is 39.3 Å². The standard InChI is InChI=1S/C17H16BrN3O2/c1-10-8-12(18)2-5-14(10)21-17(23)15-9-11(6-7-19-15)16(22)20-13-3-4-13/h2,5-9,13H,3-4H2,1H3,(H,20,22)(H,21,23). The Balaban J connectivity index is 1.75. The van der Waals surface area contributed by atoms with E-state index in [1.165, 1.54) is 12.3 Å². The second-order valence-corrected chi connectivity index (χ2v) is 6.51. The number of hydrogen-bond acceptors (Lipinski definition) is 3. The number of carbonyl (C=O) groups excluding carboxylic acids is 2. The van der Waals surface area contributed by atoms with Crippen LogP contribution in [0.4, 0.5) is 5.69 Å². The predicted octanol–water partition coefficient (Wildman–Crippen LogP) is 3.30. The van der Waals surface area contributed by atoms with Crippen molar-refractivity contribution in [2.45, 2.75) is 25.8 Å². The number of benzene rings is 1. The molecule has 2 N–H and O–H groups in total. The van der Waals surface area contributed by atoms with E-state index in [4.69, 9.17) is 0 Å². The third kappa shape index (κ3) is 3.96. The van der Waals surface area contributed by atoms with Crippen molar-refractivity contribution < 1.29 is 9.59 Å². The number of halogens is 1. The number of aromatic nitrogens is 1. The molecule has 0 spiro atoms. The highest BCUT2D eigenvalue weighted by Crippen LogP contribution is 2.21. The summed E-state index contributed by atoms with van der Waals surface area (Å²) in [7, 11) is 0. The average Bonchev–Trinajstić information content (AvgIpc) is 3.34. The zero-order chi connectivity index (χ0) is 16.4. The van der Waals surface area contributed by atoms with Crippen LogP contribution in [0.15, 0.2) is 41.0 Å². The van der Waals surface area contributed by atoms with Gasteiger partial charge in [0.15, 0.2) is 0 Å². The highest BCUT2D eigenvalue weighted by molar-refractivity contribution is 9.10. The zero-order valence-corrected chi connectivity index (χ0v) is 14.2. The first-order chi connectivity index (χ1) is 11.0. The van der Waals surface area contributed by atoms with Gasteiger partial charge in [-0.2, -0.15) is 0 Å². The van der Waals surface area contributed by atoms with Crippen molar-refractivity contribution in [3.63, 3.8) is 0 Å². The number of pyridine rings is 1. The maximum Gasteiger partial charge on any atom is 0.274 e. The second kappa shape index (κ2) is 6.50. The van der Waals surface area contributed by atoms with Crippen LogP contribution in [0.5, 0.6) is 0 Å². The van der Waals surface area contributed by atoms with Crippen LogP contribution in [0.3, 0.4) is 0 Å². The molecule has 1 saturated carbocycles. The molecular formula is C17H16BrN3O2. The molecule has 23 heavy (non-hydrogen) atoms. The molecule has 0 saturated heterocycles. The first-order valence-corrected chi connectivity index (χ1v) is 8.16. The van der Waals surface area contributed by atoms with Crippen LogP contribution >= 0.6 is 15.9 Å². The van der Waals surface area contributed by atoms with E-state index in [0.29, 0.717) is 11.3 Å². The van der Waals surface area contributed by atoms with Gasteiger partial charge in [0.05, 0.1) is 0 Å². The number of aryl methyl sites for hydroxylation is 1. The number of rotatable bonds is 4. The van der Waals surface area contributed by atoms with Crippen LogP contribution in [0.25, 0.3) is 0 Å². The monoisotopic (exact) mass is 373 g/mol. The molecular weight excluding hydrogens is 358 g/mol. The first-order valence-electron chi connectivity index (χ1n) is 7.37. The summed E-state index contributed by atoms with van der Waals surface area (Å²) in [4.78, 5) is 28.4. The Morgan fingerprint density at radius 2 is 1.96 bits per heavy atom. The van der Waals surface area contributed by atoms with Crippen molar-refractivity contribution >= 4 is 33.4 Å². The van der Waals surface area contributed by atoms with E-state index in [0.717, 1.165) is 22.9 Å². The van der Waals surface area contributed by atoms with Crippen LogP contribution in [-0.4, -0.2) is 22.8 Å². The van der Waals surface area contributed by atoms with Crippen LogP contribution in [0.2, 0.25) is 0 Å². The lowest BCUT2D eigenvalue weighted by atomic mass is 10.2. The molecule has 1 aliphatic rings. The Bertz CT molecular complexity index is 772. The van der Waals surface area contributed by atoms with Crippen molar-refractivity contribution in [2.24, 2.45) is 0 Å². The first kappa shape index (κ1) is 15.7. The Kier molecular flexibility index (Phi) is 4.43. The number of nitrogens with one attached hydrogen (secondary N) is 2. The molecule has 1 aromatic heterocycles. The maximum absolute atomic E-state index is 12.3. The Hall–Kier alpha value is -2.21. The summed E-state index contributed by atoms with van der Waals surface area (Å²) in [5.74, 6) is -0.500. The van der Waals surface area contributed by atoms with E-state index < -0.39 is 0 Å². The summed E-state index contributed by atoms with van der Waals surface area (Å²) in [5.41, 5.74) is 2.32. The van der Waals surface area contributed by atoms with Crippen molar-refractivity contribution in [2.75, 3.05) is 5.32 Å². The fraction of sp³-hybridized carbons (Fsp3) is 0.235. The SMILES string of the molecule is Cc1cc(Br)ccc1NC(=O)c1cc(C(=O)NC2CC2)ccn1. The third-order valence-electron chi connectivity index (χ3n) is 3.60. The fourth-order valence-corrected chi connectivity index (χ4v) is 2.62. The molecule has 0 unspecified atom stereocenters. The Labute approximate surface area is 142 Å². The molecule has 5 nitrogen and oxygen atoms in total. The normalized spacial score (nSPS) is 13.5. The lowest BCUT2D eigenvalue weighted by Gasteiger charge is -2.09. The van der Waals surface area contributed by atoms with Gasteiger partial charge in [-0.05, 0) is 55.7 Å². The molecule has 2 aromatic rings. The Morgan fingerprint density at radius 1 is 1.17 bits per heavy atom. The highest BCUT2D eigenvalue weighted by Gasteiger charge is 2.24. The minimum atomic E-state index is -0.337. The molecule has 6 heteroatoms. The summed E-state index contributed by atoms with van der Waals surface area (Å²) in [6.45, 7) is 1.91. The van der Waals surface area contributed by atoms with Gasteiger partial charge in [0, 0.05) is 28.0 Å². The van der Waals surface area contributed by atoms with Crippen LogP contribution in [-0.2, 0) is 0 Å². The summed E-state index contributed by atoms with van der Waals surface area (Å²) in [5, 5.41) is 5.72. The van der Waals surface area contributed by atoms with Gasteiger partial charge in [0.25, 0.3) is 11.8 Å².